The van der Waals surface area contributed by atoms with Gasteiger partial charge >= 0.3 is 11.9 Å². The zero-order chi connectivity index (χ0) is 33.4. The number of amides is 3. The Labute approximate surface area is 266 Å². The molecule has 0 saturated carbocycles. The molecule has 0 bridgehead atoms. The van der Waals surface area contributed by atoms with Gasteiger partial charge in [0.15, 0.2) is 0 Å². The molecule has 15 nitrogen and oxygen atoms in total. The summed E-state index contributed by atoms with van der Waals surface area (Å²) in [5.74, 6) is -2.92. The molecule has 0 fully saturated rings. The number of aliphatic carboxylic acids is 2. The molecular formula is C30H55N3O12. The molecule has 0 aromatic heterocycles. The molecule has 0 aromatic carbocycles. The van der Waals surface area contributed by atoms with Crippen molar-refractivity contribution in [2.45, 2.75) is 95.9 Å². The second kappa shape index (κ2) is 31.1. The number of aliphatic hydroxyl groups excluding tert-OH is 1. The van der Waals surface area contributed by atoms with Crippen LogP contribution >= 0.6 is 0 Å². The van der Waals surface area contributed by atoms with Crippen LogP contribution in [-0.4, -0.2) is 117 Å². The van der Waals surface area contributed by atoms with Crippen molar-refractivity contribution in [1.82, 2.24) is 16.0 Å². The summed E-state index contributed by atoms with van der Waals surface area (Å²) in [6.45, 7) is 1.58. The smallest absolute Gasteiger partial charge is 0.326 e. The third-order valence-electron chi connectivity index (χ3n) is 6.54. The van der Waals surface area contributed by atoms with Crippen molar-refractivity contribution in [3.05, 3.63) is 0 Å². The summed E-state index contributed by atoms with van der Waals surface area (Å²) >= 11 is 0. The highest BCUT2D eigenvalue weighted by atomic mass is 16.6. The Morgan fingerprint density at radius 3 is 1.56 bits per heavy atom. The summed E-state index contributed by atoms with van der Waals surface area (Å²) in [5.41, 5.74) is 0. The lowest BCUT2D eigenvalue weighted by Crippen LogP contribution is -2.41. The van der Waals surface area contributed by atoms with Gasteiger partial charge in [0, 0.05) is 32.4 Å². The number of ether oxygens (including phenoxy) is 4. The van der Waals surface area contributed by atoms with Gasteiger partial charge < -0.3 is 50.2 Å². The number of unbranched alkanes of at least 4 members (excludes halogenated alkanes) is 9. The van der Waals surface area contributed by atoms with Crippen LogP contribution in [0.5, 0.6) is 0 Å². The van der Waals surface area contributed by atoms with Crippen LogP contribution in [0, 0.1) is 0 Å². The fraction of sp³-hybridized carbons (Fsp3) is 0.833. The van der Waals surface area contributed by atoms with Crippen molar-refractivity contribution in [3.63, 3.8) is 0 Å². The SMILES string of the molecule is O=C(O)CCCCCCCCCCCCC(=O)NC(CCC(=O)NCCOCCOCC(=O)NCCOCCOCO)C(=O)O. The number of aliphatic hydroxyl groups is 1. The van der Waals surface area contributed by atoms with E-state index >= 15 is 0 Å². The van der Waals surface area contributed by atoms with Crippen LogP contribution in [0.4, 0.5) is 0 Å². The highest BCUT2D eigenvalue weighted by Crippen LogP contribution is 2.12. The van der Waals surface area contributed by atoms with E-state index in [1.807, 2.05) is 0 Å². The molecular weight excluding hydrogens is 594 g/mol. The van der Waals surface area contributed by atoms with Crippen molar-refractivity contribution in [1.29, 1.82) is 0 Å². The summed E-state index contributed by atoms with van der Waals surface area (Å²) in [5, 5.41) is 34.2. The average molecular weight is 650 g/mol. The van der Waals surface area contributed by atoms with Gasteiger partial charge in [-0.2, -0.15) is 0 Å². The Hall–Kier alpha value is -2.85. The van der Waals surface area contributed by atoms with Gasteiger partial charge in [0.05, 0.1) is 39.6 Å². The maximum atomic E-state index is 12.2. The number of carbonyl (C=O) groups excluding carboxylic acids is 3. The molecule has 0 aliphatic carbocycles. The second-order valence-corrected chi connectivity index (χ2v) is 10.4. The van der Waals surface area contributed by atoms with E-state index in [1.54, 1.807) is 0 Å². The summed E-state index contributed by atoms with van der Waals surface area (Å²) < 4.78 is 20.4. The fourth-order valence-corrected chi connectivity index (χ4v) is 4.11. The van der Waals surface area contributed by atoms with Crippen LogP contribution in [0.3, 0.4) is 0 Å². The highest BCUT2D eigenvalue weighted by molar-refractivity contribution is 5.84. The van der Waals surface area contributed by atoms with E-state index in [4.69, 9.17) is 29.2 Å². The Balaban J connectivity index is 3.71. The van der Waals surface area contributed by atoms with Gasteiger partial charge in [0.25, 0.3) is 0 Å². The molecule has 1 unspecified atom stereocenters. The van der Waals surface area contributed by atoms with Crippen LogP contribution in [0.15, 0.2) is 0 Å². The topological polar surface area (TPSA) is 219 Å². The van der Waals surface area contributed by atoms with Crippen molar-refractivity contribution < 1.29 is 58.2 Å². The molecule has 15 heteroatoms. The van der Waals surface area contributed by atoms with Crippen molar-refractivity contribution in [3.8, 4) is 0 Å². The normalized spacial score (nSPS) is 11.6. The minimum absolute atomic E-state index is 0.0236. The van der Waals surface area contributed by atoms with Crippen LogP contribution in [0.25, 0.3) is 0 Å². The number of carboxylic acid groups (broad SMARTS) is 2. The molecule has 0 rings (SSSR count). The van der Waals surface area contributed by atoms with Gasteiger partial charge in [-0.25, -0.2) is 4.79 Å². The Morgan fingerprint density at radius 1 is 0.533 bits per heavy atom. The molecule has 45 heavy (non-hydrogen) atoms. The first-order chi connectivity index (χ1) is 21.8. The first-order valence-corrected chi connectivity index (χ1v) is 16.0. The van der Waals surface area contributed by atoms with Crippen LogP contribution in [0.1, 0.15) is 89.9 Å². The van der Waals surface area contributed by atoms with Crippen LogP contribution < -0.4 is 16.0 Å². The van der Waals surface area contributed by atoms with E-state index in [-0.39, 0.29) is 89.8 Å². The second-order valence-electron chi connectivity index (χ2n) is 10.4. The molecule has 0 saturated heterocycles. The van der Waals surface area contributed by atoms with Crippen LogP contribution in [-0.2, 0) is 42.9 Å². The average Bonchev–Trinajstić information content (AvgIpc) is 3.00. The first kappa shape index (κ1) is 42.1. The van der Waals surface area contributed by atoms with Crippen molar-refractivity contribution in [2.24, 2.45) is 0 Å². The molecule has 1 atom stereocenters. The standard InChI is InChI=1S/C30H55N3O12/c34-24-45-22-20-43-18-16-32-28(37)23-44-21-19-42-17-15-31-26(35)14-13-25(30(40)41)33-27(36)11-9-7-5-3-1-2-4-6-8-10-12-29(38)39/h25,34H,1-24H2,(H,31,35)(H,32,37)(H,33,36)(H,38,39)(H,40,41). The maximum absolute atomic E-state index is 12.2. The molecule has 262 valence electrons. The molecule has 0 aliphatic rings. The van der Waals surface area contributed by atoms with Crippen molar-refractivity contribution >= 4 is 29.7 Å². The number of hydrogen-bond acceptors (Lipinski definition) is 10. The van der Waals surface area contributed by atoms with E-state index in [1.165, 1.54) is 0 Å². The van der Waals surface area contributed by atoms with Gasteiger partial charge in [0.1, 0.15) is 19.4 Å². The molecule has 6 N–H and O–H groups in total. The molecule has 0 aliphatic heterocycles. The number of rotatable bonds is 33. The van der Waals surface area contributed by atoms with Crippen molar-refractivity contribution in [2.75, 3.05) is 66.1 Å². The predicted molar refractivity (Wildman–Crippen MR) is 163 cm³/mol. The number of hydrogen-bond donors (Lipinski definition) is 6. The lowest BCUT2D eigenvalue weighted by atomic mass is 10.0. The zero-order valence-electron chi connectivity index (χ0n) is 26.6. The fourth-order valence-electron chi connectivity index (χ4n) is 4.11. The lowest BCUT2D eigenvalue weighted by molar-refractivity contribution is -0.142. The maximum Gasteiger partial charge on any atom is 0.326 e. The molecule has 0 radical (unpaired) electrons. The lowest BCUT2D eigenvalue weighted by Gasteiger charge is -2.14. The number of nitrogens with one attached hydrogen (secondary N) is 3. The highest BCUT2D eigenvalue weighted by Gasteiger charge is 2.20. The van der Waals surface area contributed by atoms with Gasteiger partial charge in [-0.05, 0) is 19.3 Å². The Kier molecular flexibility index (Phi) is 29.2. The minimum atomic E-state index is -1.19. The Bertz CT molecular complexity index is 800. The van der Waals surface area contributed by atoms with Crippen LogP contribution in [0.2, 0.25) is 0 Å². The third-order valence-corrected chi connectivity index (χ3v) is 6.54. The summed E-state index contributed by atoms with van der Waals surface area (Å²) in [6, 6.07) is -1.14. The van der Waals surface area contributed by atoms with Gasteiger partial charge in [-0.1, -0.05) is 51.4 Å². The van der Waals surface area contributed by atoms with E-state index in [0.717, 1.165) is 57.8 Å². The van der Waals surface area contributed by atoms with Gasteiger partial charge in [0.2, 0.25) is 17.7 Å². The molecule has 0 aromatic rings. The van der Waals surface area contributed by atoms with E-state index < -0.39 is 18.0 Å². The predicted octanol–water partition coefficient (Wildman–Crippen LogP) is 1.35. The quantitative estimate of drug-likeness (QED) is 0.0438. The zero-order valence-corrected chi connectivity index (χ0v) is 26.6. The molecule has 0 spiro atoms. The number of carboxylic acids is 2. The Morgan fingerprint density at radius 2 is 1.02 bits per heavy atom. The number of carbonyl (C=O) groups is 5. The summed E-state index contributed by atoms with van der Waals surface area (Å²) in [4.78, 5) is 57.9. The minimum Gasteiger partial charge on any atom is -0.481 e. The summed E-state index contributed by atoms with van der Waals surface area (Å²) in [6.07, 6.45) is 10.1. The molecule has 0 heterocycles. The van der Waals surface area contributed by atoms with E-state index in [9.17, 15) is 29.1 Å². The van der Waals surface area contributed by atoms with E-state index in [2.05, 4.69) is 16.0 Å². The monoisotopic (exact) mass is 649 g/mol. The summed E-state index contributed by atoms with van der Waals surface area (Å²) in [7, 11) is 0. The largest absolute Gasteiger partial charge is 0.481 e. The van der Waals surface area contributed by atoms with E-state index in [0.29, 0.717) is 26.2 Å². The third kappa shape index (κ3) is 30.9. The first-order valence-electron chi connectivity index (χ1n) is 16.0. The van der Waals surface area contributed by atoms with Gasteiger partial charge in [-0.3, -0.25) is 19.2 Å². The molecule has 3 amide bonds. The van der Waals surface area contributed by atoms with Gasteiger partial charge in [-0.15, -0.1) is 0 Å².